The van der Waals surface area contributed by atoms with Crippen molar-refractivity contribution in [2.75, 3.05) is 13.4 Å². The van der Waals surface area contributed by atoms with Crippen LogP contribution in [0, 0.1) is 0 Å². The van der Waals surface area contributed by atoms with Crippen molar-refractivity contribution in [1.82, 2.24) is 0 Å². The number of hydrogen-bond donors (Lipinski definition) is 1. The van der Waals surface area contributed by atoms with Gasteiger partial charge in [-0.2, -0.15) is 0 Å². The Labute approximate surface area is 113 Å². The molecule has 0 spiro atoms. The van der Waals surface area contributed by atoms with Gasteiger partial charge in [0.25, 0.3) is 0 Å². The average Bonchev–Trinajstić information content (AvgIpc) is 1.82. The monoisotopic (exact) mass is 220 g/mol. The van der Waals surface area contributed by atoms with Crippen molar-refractivity contribution in [2.24, 2.45) is 0 Å². The Hall–Kier alpha value is 0.596. The van der Waals surface area contributed by atoms with Crippen LogP contribution in [0.4, 0.5) is 0 Å². The van der Waals surface area contributed by atoms with Gasteiger partial charge in [0.2, 0.25) is 5.76 Å². The molecule has 66 valence electrons. The molecule has 1 N–H and O–H groups in total. The first kappa shape index (κ1) is 15.1. The molecule has 0 saturated carbocycles. The first-order valence-corrected chi connectivity index (χ1v) is 4.51. The van der Waals surface area contributed by atoms with Gasteiger partial charge in [-0.3, -0.25) is 0 Å². The minimum absolute atomic E-state index is 0. The van der Waals surface area contributed by atoms with Gasteiger partial charge in [-0.15, -0.1) is 0 Å². The summed E-state index contributed by atoms with van der Waals surface area (Å²) >= 11 is 0. The van der Waals surface area contributed by atoms with Crippen molar-refractivity contribution in [3.05, 3.63) is 11.2 Å². The SMILES string of the molecule is COC(=O)C(O)=CS(C)(=O)=O.[KH]. The van der Waals surface area contributed by atoms with Crippen molar-refractivity contribution < 1.29 is 23.1 Å². The van der Waals surface area contributed by atoms with E-state index < -0.39 is 21.6 Å². The quantitative estimate of drug-likeness (QED) is 0.278. The second-order valence-electron chi connectivity index (χ2n) is 1.82. The zero-order chi connectivity index (χ0) is 9.07. The van der Waals surface area contributed by atoms with E-state index in [2.05, 4.69) is 4.74 Å². The molecule has 0 amide bonds. The molecule has 0 aliphatic heterocycles. The molecule has 0 aliphatic carbocycles. The summed E-state index contributed by atoms with van der Waals surface area (Å²) in [4.78, 5) is 10.4. The third-order valence-electron chi connectivity index (χ3n) is 0.720. The van der Waals surface area contributed by atoms with Gasteiger partial charge in [0.05, 0.1) is 12.5 Å². The fraction of sp³-hybridized carbons (Fsp3) is 0.400. The van der Waals surface area contributed by atoms with E-state index >= 15 is 0 Å². The summed E-state index contributed by atoms with van der Waals surface area (Å²) in [5.41, 5.74) is 0. The third-order valence-corrected chi connectivity index (χ3v) is 1.37. The molecule has 0 atom stereocenters. The number of aliphatic hydroxyl groups excluding tert-OH is 1. The Morgan fingerprint density at radius 3 is 2.17 bits per heavy atom. The van der Waals surface area contributed by atoms with Gasteiger partial charge < -0.3 is 9.84 Å². The molecule has 0 heterocycles. The Bertz CT molecular complexity index is 278. The molecule has 0 radical (unpaired) electrons. The molecule has 0 aliphatic rings. The predicted molar refractivity (Wildman–Crippen MR) is 44.7 cm³/mol. The number of hydrogen-bond acceptors (Lipinski definition) is 5. The van der Waals surface area contributed by atoms with E-state index in [9.17, 15) is 13.2 Å². The van der Waals surface area contributed by atoms with Gasteiger partial charge in [0.15, 0.2) is 9.84 Å². The zero-order valence-electron chi connectivity index (χ0n) is 6.07. The summed E-state index contributed by atoms with van der Waals surface area (Å²) in [7, 11) is -2.45. The molecule has 7 heteroatoms. The van der Waals surface area contributed by atoms with Gasteiger partial charge in [-0.1, -0.05) is 0 Å². The molecular weight excluding hydrogens is 211 g/mol. The van der Waals surface area contributed by atoms with E-state index in [0.29, 0.717) is 5.41 Å². The standard InChI is InChI=1S/C5H8O5S.K.H/c1-10-5(7)4(6)3-11(2,8)9;;/h3,6H,1-2H3;;. The molecule has 0 aromatic rings. The maximum absolute atomic E-state index is 10.4. The van der Waals surface area contributed by atoms with E-state index in [-0.39, 0.29) is 51.4 Å². The van der Waals surface area contributed by atoms with Crippen LogP contribution in [0.2, 0.25) is 0 Å². The van der Waals surface area contributed by atoms with Crippen LogP contribution in [0.15, 0.2) is 11.2 Å². The molecule has 0 saturated heterocycles. The summed E-state index contributed by atoms with van der Waals surface area (Å²) in [5, 5.41) is 9.09. The molecule has 5 nitrogen and oxygen atoms in total. The molecule has 0 fully saturated rings. The van der Waals surface area contributed by atoms with Crippen molar-refractivity contribution >= 4 is 67.2 Å². The summed E-state index contributed by atoms with van der Waals surface area (Å²) in [6, 6.07) is 0. The first-order valence-electron chi connectivity index (χ1n) is 2.56. The number of carbonyl (C=O) groups excluding carboxylic acids is 1. The number of rotatable bonds is 2. The van der Waals surface area contributed by atoms with E-state index in [1.54, 1.807) is 0 Å². The summed E-state index contributed by atoms with van der Waals surface area (Å²) < 4.78 is 24.9. The van der Waals surface area contributed by atoms with Crippen LogP contribution < -0.4 is 0 Å². The fourth-order valence-corrected chi connectivity index (χ4v) is 0.857. The topological polar surface area (TPSA) is 80.7 Å². The zero-order valence-corrected chi connectivity index (χ0v) is 6.88. The van der Waals surface area contributed by atoms with Crippen LogP contribution in [0.25, 0.3) is 0 Å². The molecule has 0 rings (SSSR count). The maximum atomic E-state index is 10.4. The van der Waals surface area contributed by atoms with Gasteiger partial charge >= 0.3 is 57.4 Å². The number of carbonyl (C=O) groups is 1. The van der Waals surface area contributed by atoms with Crippen LogP contribution in [-0.2, 0) is 19.4 Å². The molecule has 12 heavy (non-hydrogen) atoms. The molecule has 0 bridgehead atoms. The van der Waals surface area contributed by atoms with Crippen LogP contribution >= 0.6 is 0 Å². The number of ether oxygens (including phenoxy) is 1. The van der Waals surface area contributed by atoms with Gasteiger partial charge in [0, 0.05) is 6.26 Å². The fourth-order valence-electron chi connectivity index (χ4n) is 0.355. The van der Waals surface area contributed by atoms with Gasteiger partial charge in [-0.25, -0.2) is 13.2 Å². The van der Waals surface area contributed by atoms with Crippen molar-refractivity contribution in [2.45, 2.75) is 0 Å². The van der Waals surface area contributed by atoms with Crippen molar-refractivity contribution in [1.29, 1.82) is 0 Å². The Morgan fingerprint density at radius 1 is 1.50 bits per heavy atom. The Morgan fingerprint density at radius 2 is 1.92 bits per heavy atom. The molecular formula is C5H9KO5S. The van der Waals surface area contributed by atoms with E-state index in [1.165, 1.54) is 0 Å². The Balaban J connectivity index is 0. The average molecular weight is 220 g/mol. The van der Waals surface area contributed by atoms with Crippen LogP contribution in [0.3, 0.4) is 0 Å². The van der Waals surface area contributed by atoms with E-state index in [0.717, 1.165) is 13.4 Å². The first-order chi connectivity index (χ1) is 4.87. The van der Waals surface area contributed by atoms with Crippen molar-refractivity contribution in [3.63, 3.8) is 0 Å². The second kappa shape index (κ2) is 6.11. The summed E-state index contributed by atoms with van der Waals surface area (Å²) in [6.07, 6.45) is 0.853. The normalized spacial score (nSPS) is 11.7. The van der Waals surface area contributed by atoms with Crippen LogP contribution in [0.5, 0.6) is 0 Å². The predicted octanol–water partition coefficient (Wildman–Crippen LogP) is -1.05. The number of esters is 1. The molecule has 0 aromatic carbocycles. The van der Waals surface area contributed by atoms with E-state index in [4.69, 9.17) is 5.11 Å². The van der Waals surface area contributed by atoms with Gasteiger partial charge in [0.1, 0.15) is 0 Å². The van der Waals surface area contributed by atoms with Crippen molar-refractivity contribution in [3.8, 4) is 0 Å². The van der Waals surface area contributed by atoms with E-state index in [1.807, 2.05) is 0 Å². The second-order valence-corrected chi connectivity index (χ2v) is 3.72. The molecule has 0 unspecified atom stereocenters. The number of methoxy groups -OCH3 is 1. The Kier molecular flexibility index (Phi) is 7.68. The number of aliphatic hydroxyl groups is 1. The third kappa shape index (κ3) is 7.26. The van der Waals surface area contributed by atoms with Crippen LogP contribution in [0.1, 0.15) is 0 Å². The van der Waals surface area contributed by atoms with Gasteiger partial charge in [-0.05, 0) is 0 Å². The minimum atomic E-state index is -3.49. The number of sulfone groups is 1. The summed E-state index contributed by atoms with van der Waals surface area (Å²) in [6.45, 7) is 0. The molecule has 0 aromatic heterocycles. The summed E-state index contributed by atoms with van der Waals surface area (Å²) in [5.74, 6) is -1.99. The van der Waals surface area contributed by atoms with Crippen LogP contribution in [-0.4, -0.2) is 84.2 Å².